The fourth-order valence-electron chi connectivity index (χ4n) is 4.08. The second-order valence-electron chi connectivity index (χ2n) is 6.50. The van der Waals surface area contributed by atoms with Crippen molar-refractivity contribution in [2.45, 2.75) is 25.3 Å². The van der Waals surface area contributed by atoms with E-state index >= 15 is 0 Å². The number of carbonyl (C=O) groups is 1. The first kappa shape index (κ1) is 15.3. The molecule has 2 aliphatic rings. The lowest BCUT2D eigenvalue weighted by atomic mass is 9.76. The first-order chi connectivity index (χ1) is 11.6. The first-order valence-corrected chi connectivity index (χ1v) is 8.50. The summed E-state index contributed by atoms with van der Waals surface area (Å²) < 4.78 is 0. The van der Waals surface area contributed by atoms with Crippen LogP contribution in [0.2, 0.25) is 5.02 Å². The summed E-state index contributed by atoms with van der Waals surface area (Å²) in [6.45, 7) is 1.87. The standard InChI is InChI=1S/C20H18ClNO2/c1-11-12(20(23)24)9-10-15-13-6-4-7-14(13)19(22-18(11)15)16-5-2-3-8-17(16)21/h2-6,8-10,13-14,19,22H,7H2,1H3,(H,23,24)/t13-,14+,19-/m1/s1. The van der Waals surface area contributed by atoms with Crippen molar-refractivity contribution in [1.82, 2.24) is 0 Å². The zero-order valence-corrected chi connectivity index (χ0v) is 14.0. The highest BCUT2D eigenvalue weighted by molar-refractivity contribution is 6.31. The van der Waals surface area contributed by atoms with Crippen molar-refractivity contribution in [1.29, 1.82) is 0 Å². The minimum Gasteiger partial charge on any atom is -0.478 e. The van der Waals surface area contributed by atoms with E-state index in [1.165, 1.54) is 5.56 Å². The monoisotopic (exact) mass is 339 g/mol. The Morgan fingerprint density at radius 2 is 2.00 bits per heavy atom. The van der Waals surface area contributed by atoms with Crippen molar-refractivity contribution < 1.29 is 9.90 Å². The van der Waals surface area contributed by atoms with E-state index in [9.17, 15) is 9.90 Å². The molecule has 2 N–H and O–H groups in total. The van der Waals surface area contributed by atoms with Gasteiger partial charge in [-0.1, -0.05) is 48.0 Å². The van der Waals surface area contributed by atoms with Gasteiger partial charge in [0.1, 0.15) is 0 Å². The molecule has 4 rings (SSSR count). The van der Waals surface area contributed by atoms with Gasteiger partial charge in [-0.2, -0.15) is 0 Å². The van der Waals surface area contributed by atoms with Gasteiger partial charge in [0.2, 0.25) is 0 Å². The number of benzene rings is 2. The van der Waals surface area contributed by atoms with E-state index in [4.69, 9.17) is 11.6 Å². The highest BCUT2D eigenvalue weighted by Crippen LogP contribution is 2.51. The Labute approximate surface area is 146 Å². The van der Waals surface area contributed by atoms with Crippen molar-refractivity contribution in [3.8, 4) is 0 Å². The molecule has 4 heteroatoms. The van der Waals surface area contributed by atoms with Gasteiger partial charge in [-0.15, -0.1) is 0 Å². The molecular formula is C20H18ClNO2. The lowest BCUT2D eigenvalue weighted by Crippen LogP contribution is -2.30. The Balaban J connectivity index is 1.87. The number of anilines is 1. The SMILES string of the molecule is Cc1c(C(=O)O)ccc2c1N[C@@H](c1ccccc1Cl)[C@H]1CC=C[C@@H]21. The summed E-state index contributed by atoms with van der Waals surface area (Å²) in [7, 11) is 0. The highest BCUT2D eigenvalue weighted by atomic mass is 35.5. The highest BCUT2D eigenvalue weighted by Gasteiger charge is 2.39. The molecule has 2 aromatic rings. The van der Waals surface area contributed by atoms with Gasteiger partial charge in [-0.25, -0.2) is 4.79 Å². The molecule has 3 nitrogen and oxygen atoms in total. The van der Waals surface area contributed by atoms with Gasteiger partial charge in [-0.3, -0.25) is 0 Å². The number of nitrogens with one attached hydrogen (secondary N) is 1. The van der Waals surface area contributed by atoms with E-state index in [1.807, 2.05) is 31.2 Å². The van der Waals surface area contributed by atoms with E-state index in [0.29, 0.717) is 17.4 Å². The number of aromatic carboxylic acids is 1. The summed E-state index contributed by atoms with van der Waals surface area (Å²) in [4.78, 5) is 11.5. The topological polar surface area (TPSA) is 49.3 Å². The van der Waals surface area contributed by atoms with Crippen LogP contribution >= 0.6 is 11.6 Å². The van der Waals surface area contributed by atoms with Gasteiger partial charge >= 0.3 is 5.97 Å². The minimum absolute atomic E-state index is 0.0777. The predicted molar refractivity (Wildman–Crippen MR) is 95.9 cm³/mol. The molecule has 0 radical (unpaired) electrons. The quantitative estimate of drug-likeness (QED) is 0.742. The Morgan fingerprint density at radius 3 is 2.75 bits per heavy atom. The maximum absolute atomic E-state index is 11.5. The second kappa shape index (κ2) is 5.67. The molecule has 0 saturated carbocycles. The lowest BCUT2D eigenvalue weighted by molar-refractivity contribution is 0.0696. The molecule has 0 unspecified atom stereocenters. The molecular weight excluding hydrogens is 322 g/mol. The number of fused-ring (bicyclic) bond motifs is 3. The molecule has 1 aliphatic heterocycles. The number of rotatable bonds is 2. The van der Waals surface area contributed by atoms with Crippen LogP contribution < -0.4 is 5.32 Å². The van der Waals surface area contributed by atoms with Crippen LogP contribution in [0, 0.1) is 12.8 Å². The van der Waals surface area contributed by atoms with Gasteiger partial charge in [-0.05, 0) is 48.1 Å². The van der Waals surface area contributed by atoms with Crippen molar-refractivity contribution in [3.63, 3.8) is 0 Å². The lowest BCUT2D eigenvalue weighted by Gasteiger charge is -2.39. The molecule has 1 heterocycles. The zero-order valence-electron chi connectivity index (χ0n) is 13.3. The van der Waals surface area contributed by atoms with Gasteiger partial charge in [0.05, 0.1) is 11.6 Å². The molecule has 0 amide bonds. The van der Waals surface area contributed by atoms with Crippen LogP contribution in [0.3, 0.4) is 0 Å². The van der Waals surface area contributed by atoms with E-state index in [0.717, 1.165) is 28.3 Å². The molecule has 1 aliphatic carbocycles. The molecule has 24 heavy (non-hydrogen) atoms. The van der Waals surface area contributed by atoms with Crippen LogP contribution in [0.5, 0.6) is 0 Å². The first-order valence-electron chi connectivity index (χ1n) is 8.12. The number of hydrogen-bond donors (Lipinski definition) is 2. The van der Waals surface area contributed by atoms with Crippen LogP contribution in [0.1, 0.15) is 45.4 Å². The third-order valence-electron chi connectivity index (χ3n) is 5.27. The zero-order chi connectivity index (χ0) is 16.8. The fraction of sp³-hybridized carbons (Fsp3) is 0.250. The smallest absolute Gasteiger partial charge is 0.336 e. The average Bonchev–Trinajstić information content (AvgIpc) is 3.05. The van der Waals surface area contributed by atoms with Crippen LogP contribution in [0.4, 0.5) is 5.69 Å². The molecule has 2 aromatic carbocycles. The summed E-state index contributed by atoms with van der Waals surface area (Å²) in [5.41, 5.74) is 4.33. The van der Waals surface area contributed by atoms with Crippen molar-refractivity contribution in [2.24, 2.45) is 5.92 Å². The van der Waals surface area contributed by atoms with Gasteiger partial charge in [0.25, 0.3) is 0 Å². The Kier molecular flexibility index (Phi) is 3.61. The van der Waals surface area contributed by atoms with Gasteiger partial charge < -0.3 is 10.4 Å². The molecule has 0 fully saturated rings. The van der Waals surface area contributed by atoms with Gasteiger partial charge in [0.15, 0.2) is 0 Å². The fourth-order valence-corrected chi connectivity index (χ4v) is 4.33. The maximum Gasteiger partial charge on any atom is 0.336 e. The third-order valence-corrected chi connectivity index (χ3v) is 5.61. The Hall–Kier alpha value is -2.26. The number of allylic oxidation sites excluding steroid dienone is 2. The van der Waals surface area contributed by atoms with Crippen molar-refractivity contribution in [2.75, 3.05) is 5.32 Å². The van der Waals surface area contributed by atoms with Gasteiger partial charge in [0, 0.05) is 16.6 Å². The van der Waals surface area contributed by atoms with E-state index in [-0.39, 0.29) is 6.04 Å². The predicted octanol–water partition coefficient (Wildman–Crippen LogP) is 5.17. The van der Waals surface area contributed by atoms with Crippen molar-refractivity contribution >= 4 is 23.3 Å². The summed E-state index contributed by atoms with van der Waals surface area (Å²) in [5.74, 6) is -0.202. The summed E-state index contributed by atoms with van der Waals surface area (Å²) in [5, 5.41) is 13.8. The summed E-state index contributed by atoms with van der Waals surface area (Å²) in [6.07, 6.45) is 5.46. The molecule has 0 bridgehead atoms. The largest absolute Gasteiger partial charge is 0.478 e. The molecule has 3 atom stereocenters. The van der Waals surface area contributed by atoms with E-state index in [2.05, 4.69) is 23.5 Å². The molecule has 0 saturated heterocycles. The van der Waals surface area contributed by atoms with Crippen LogP contribution in [-0.4, -0.2) is 11.1 Å². The minimum atomic E-state index is -0.893. The second-order valence-corrected chi connectivity index (χ2v) is 6.91. The third kappa shape index (κ3) is 2.23. The average molecular weight is 340 g/mol. The van der Waals surface area contributed by atoms with E-state index in [1.54, 1.807) is 6.07 Å². The number of halogens is 1. The summed E-state index contributed by atoms with van der Waals surface area (Å²) in [6, 6.07) is 11.6. The molecule has 0 spiro atoms. The summed E-state index contributed by atoms with van der Waals surface area (Å²) >= 11 is 6.44. The Bertz CT molecular complexity index is 859. The molecule has 122 valence electrons. The van der Waals surface area contributed by atoms with E-state index < -0.39 is 5.97 Å². The van der Waals surface area contributed by atoms with Crippen LogP contribution in [-0.2, 0) is 0 Å². The van der Waals surface area contributed by atoms with Crippen molar-refractivity contribution in [3.05, 3.63) is 75.8 Å². The number of carboxylic acid groups (broad SMARTS) is 1. The normalized spacial score (nSPS) is 24.2. The maximum atomic E-state index is 11.5. The Morgan fingerprint density at radius 1 is 1.21 bits per heavy atom. The van der Waals surface area contributed by atoms with Crippen LogP contribution in [0.15, 0.2) is 48.6 Å². The number of carboxylic acids is 1. The number of hydrogen-bond acceptors (Lipinski definition) is 2. The molecule has 0 aromatic heterocycles. The van der Waals surface area contributed by atoms with Crippen LogP contribution in [0.25, 0.3) is 0 Å².